The Balaban J connectivity index is 0.000000233. The highest BCUT2D eigenvalue weighted by molar-refractivity contribution is 7.89. The number of carboxylic acid groups (broad SMARTS) is 1. The van der Waals surface area contributed by atoms with Gasteiger partial charge in [-0.25, -0.2) is 34.8 Å². The second kappa shape index (κ2) is 25.9. The number of carbonyl (C=O) groups is 2. The third kappa shape index (κ3) is 16.8. The molecule has 0 bridgehead atoms. The summed E-state index contributed by atoms with van der Waals surface area (Å²) >= 11 is 0. The van der Waals surface area contributed by atoms with Crippen molar-refractivity contribution in [2.24, 2.45) is 0 Å². The smallest absolute Gasteiger partial charge is 0.336 e. The molecule has 2 unspecified atom stereocenters. The van der Waals surface area contributed by atoms with Gasteiger partial charge in [0.15, 0.2) is 16.2 Å². The summed E-state index contributed by atoms with van der Waals surface area (Å²) in [6.07, 6.45) is 0.812. The van der Waals surface area contributed by atoms with Gasteiger partial charge in [0.25, 0.3) is 0 Å². The summed E-state index contributed by atoms with van der Waals surface area (Å²) in [6, 6.07) is 33.1. The first-order valence-electron chi connectivity index (χ1n) is 23.0. The van der Waals surface area contributed by atoms with E-state index in [1.54, 1.807) is 42.5 Å². The average molecular weight is 1210 g/mol. The molecule has 0 saturated heterocycles. The minimum atomic E-state index is -5.26. The van der Waals surface area contributed by atoms with Gasteiger partial charge in [-0.2, -0.15) is 0 Å². The van der Waals surface area contributed by atoms with Crippen molar-refractivity contribution in [1.82, 2.24) is 4.72 Å². The van der Waals surface area contributed by atoms with Crippen LogP contribution in [0, 0.1) is 0 Å². The molecule has 0 aromatic heterocycles. The zero-order valence-electron chi connectivity index (χ0n) is 42.0. The number of carboxylic acids is 1. The van der Waals surface area contributed by atoms with Crippen molar-refractivity contribution in [2.45, 2.75) is 41.9 Å². The fourth-order valence-corrected chi connectivity index (χ4v) is 11.5. The van der Waals surface area contributed by atoms with Gasteiger partial charge in [-0.05, 0) is 97.3 Å². The number of nitrogens with zero attached hydrogens (tertiary/aromatic N) is 1. The molecule has 30 heteroatoms. The van der Waals surface area contributed by atoms with E-state index >= 15 is 0 Å². The van der Waals surface area contributed by atoms with E-state index in [0.717, 1.165) is 34.5 Å². The van der Waals surface area contributed by atoms with Crippen molar-refractivity contribution >= 4 is 96.5 Å². The van der Waals surface area contributed by atoms with Crippen LogP contribution in [0.4, 0.5) is 17.1 Å². The first-order valence-corrected chi connectivity index (χ1v) is 30.3. The average Bonchev–Trinajstić information content (AvgIpc) is 3.34. The van der Waals surface area contributed by atoms with Crippen LogP contribution in [0.2, 0.25) is 0 Å². The summed E-state index contributed by atoms with van der Waals surface area (Å²) in [5, 5.41) is 19.3. The van der Waals surface area contributed by atoms with Gasteiger partial charge in [0.05, 0.1) is 16.1 Å². The standard InChI is InChI=1S/C20H14N2O9S2.C20H23N2O6PS.C10H14NO5P.CH4/c21-13-7-5-11-15(9-3-1-2-4-10(9)20(23)24)12-6-8-14(22)19(33(28,29)30)17(12)31-16(11)18(13)32(25,26)27;1-22(2)19-7-3-6-18-17(19)5-4-8-20(18)30(26,27)21-14-13-15-9-11-16(12-10-15)28-29(23,24)25;1-8(12)6-7-11-9-2-4-10(5-3-9)16-17(13,14)15;/h1-8,21H,22H2,(H,23,24)(H,25,26,27)(H,28,29,30);3-12,21H,13-14H2,1-2H3,(H2,23,24,25);2-5,11H,6-7H2,1H3,(H2,13,14,15);1H4/p-3. The molecular weight excluding hydrogens is 1160 g/mol. The summed E-state index contributed by atoms with van der Waals surface area (Å²) in [7, 11) is -20.0. The molecule has 0 saturated carbocycles. The summed E-state index contributed by atoms with van der Waals surface area (Å²) < 4.78 is 136. The predicted molar refractivity (Wildman–Crippen MR) is 292 cm³/mol. The van der Waals surface area contributed by atoms with E-state index in [4.69, 9.17) is 25.3 Å². The van der Waals surface area contributed by atoms with E-state index in [-0.39, 0.29) is 63.8 Å². The number of hydrogen-bond donors (Lipinski definition) is 7. The van der Waals surface area contributed by atoms with Gasteiger partial charge in [0.1, 0.15) is 42.4 Å². The van der Waals surface area contributed by atoms with Crippen LogP contribution >= 0.6 is 15.6 Å². The predicted octanol–water partition coefficient (Wildman–Crippen LogP) is 3.77. The molecule has 2 atom stereocenters. The van der Waals surface area contributed by atoms with Gasteiger partial charge >= 0.3 is 21.6 Å². The number of rotatable bonds is 18. The molecule has 1 heterocycles. The maximum Gasteiger partial charge on any atom is 0.336 e. The Hall–Kier alpha value is -7.56. The lowest BCUT2D eigenvalue weighted by molar-refractivity contribution is -0.212. The zero-order valence-corrected chi connectivity index (χ0v) is 46.3. The summed E-state index contributed by atoms with van der Waals surface area (Å²) in [4.78, 5) is 61.1. The van der Waals surface area contributed by atoms with Crippen molar-refractivity contribution in [2.75, 3.05) is 43.1 Å². The molecule has 1 aliphatic heterocycles. The van der Waals surface area contributed by atoms with E-state index in [1.807, 2.05) is 37.2 Å². The molecular formula is C51H52N5O20P2S3-3. The molecule has 6 aromatic carbocycles. The van der Waals surface area contributed by atoms with Crippen molar-refractivity contribution in [1.29, 1.82) is 0 Å². The van der Waals surface area contributed by atoms with Crippen molar-refractivity contribution in [3.8, 4) is 33.9 Å². The monoisotopic (exact) mass is 1210 g/mol. The van der Waals surface area contributed by atoms with Crippen molar-refractivity contribution in [3.05, 3.63) is 150 Å². The maximum absolute atomic E-state index is 12.9. The van der Waals surface area contributed by atoms with Crippen LogP contribution in [0.5, 0.6) is 11.5 Å². The van der Waals surface area contributed by atoms with Crippen LogP contribution in [0.15, 0.2) is 153 Å². The maximum atomic E-state index is 12.9. The number of sulfonamides is 1. The molecule has 1 aliphatic carbocycles. The summed E-state index contributed by atoms with van der Waals surface area (Å²) in [5.41, 5.74) is 6.75. The van der Waals surface area contributed by atoms with E-state index in [9.17, 15) is 68.0 Å². The SMILES string of the molecule is C.CC(=O)CCNc1ccc(OP(=O)([O-])O)cc1.CN(C)c1cccc2c(S(=O)(=O)NCCc3ccc(OP(=O)([O-])O)cc3)cccc12.Nc1ccc2c(-c3ccccc3C(=O)O)c3ccc(=[NH2+])c(S(=O)(=O)[O-])c-3oc2c1S(=O)(=O)[O-]. The number of nitrogens with one attached hydrogen (secondary N) is 2. The molecule has 81 heavy (non-hydrogen) atoms. The second-order valence-corrected chi connectivity index (χ2v) is 23.9. The Morgan fingerprint density at radius 3 is 1.83 bits per heavy atom. The number of phosphoric ester groups is 2. The fraction of sp³-hybridized carbons (Fsp3) is 0.157. The summed E-state index contributed by atoms with van der Waals surface area (Å²) in [5.74, 6) is -1.89. The minimum Gasteiger partial charge on any atom is -0.746 e. The molecule has 25 nitrogen and oxygen atoms in total. The zero-order chi connectivity index (χ0) is 59.1. The van der Waals surface area contributed by atoms with Crippen LogP contribution < -0.4 is 50.3 Å². The van der Waals surface area contributed by atoms with Gasteiger partial charge in [-0.3, -0.25) is 19.3 Å². The first-order chi connectivity index (χ1) is 37.3. The Morgan fingerprint density at radius 1 is 0.704 bits per heavy atom. The molecule has 6 aromatic rings. The van der Waals surface area contributed by atoms with Crippen molar-refractivity contribution in [3.63, 3.8) is 0 Å². The molecule has 0 spiro atoms. The van der Waals surface area contributed by atoms with E-state index in [0.29, 0.717) is 24.8 Å². The molecule has 0 amide bonds. The highest BCUT2D eigenvalue weighted by atomic mass is 32.2. The van der Waals surface area contributed by atoms with Gasteiger partial charge < -0.3 is 63.2 Å². The van der Waals surface area contributed by atoms with Gasteiger partial charge in [0, 0.05) is 78.3 Å². The Labute approximate surface area is 464 Å². The quantitative estimate of drug-likeness (QED) is 0.0278. The topological polar surface area (TPSA) is 434 Å². The third-order valence-corrected chi connectivity index (χ3v) is 15.6. The highest BCUT2D eigenvalue weighted by Crippen LogP contribution is 2.46. The van der Waals surface area contributed by atoms with E-state index < -0.39 is 84.1 Å². The largest absolute Gasteiger partial charge is 0.746 e. The number of nitrogens with two attached hydrogens (primary N) is 2. The molecule has 432 valence electrons. The van der Waals surface area contributed by atoms with Crippen LogP contribution in [0.3, 0.4) is 0 Å². The minimum absolute atomic E-state index is 0. The number of phosphoric acid groups is 2. The fourth-order valence-electron chi connectivity index (χ4n) is 7.99. The lowest BCUT2D eigenvalue weighted by Gasteiger charge is -2.21. The van der Waals surface area contributed by atoms with Gasteiger partial charge in [-0.15, -0.1) is 0 Å². The second-order valence-electron chi connectivity index (χ2n) is 17.3. The lowest BCUT2D eigenvalue weighted by Crippen LogP contribution is -2.47. The van der Waals surface area contributed by atoms with Gasteiger partial charge in [-0.1, -0.05) is 62.0 Å². The third-order valence-electron chi connectivity index (χ3n) is 11.3. The number of Topliss-reactive ketones (excluding diaryl/α,β-unsaturated/α-hetero) is 1. The van der Waals surface area contributed by atoms with Crippen LogP contribution in [-0.4, -0.2) is 88.2 Å². The lowest BCUT2D eigenvalue weighted by atomic mass is 9.90. The number of aromatic carboxylic acids is 1. The Bertz CT molecular complexity index is 4120. The number of nitrogen functional groups attached to an aromatic ring is 1. The molecule has 0 radical (unpaired) electrons. The van der Waals surface area contributed by atoms with Crippen LogP contribution in [0.1, 0.15) is 36.7 Å². The molecule has 9 N–H and O–H groups in total. The highest BCUT2D eigenvalue weighted by Gasteiger charge is 2.30. The van der Waals surface area contributed by atoms with E-state index in [1.165, 1.54) is 67.6 Å². The Morgan fingerprint density at radius 2 is 1.27 bits per heavy atom. The summed E-state index contributed by atoms with van der Waals surface area (Å²) in [6.45, 7) is 2.17. The Kier molecular flexibility index (Phi) is 20.6. The molecule has 8 rings (SSSR count). The van der Waals surface area contributed by atoms with Crippen LogP contribution in [-0.2, 0) is 50.6 Å². The number of fused-ring (bicyclic) bond motifs is 3. The van der Waals surface area contributed by atoms with Crippen LogP contribution in [0.25, 0.3) is 44.2 Å². The van der Waals surface area contributed by atoms with E-state index in [2.05, 4.69) is 19.1 Å². The van der Waals surface area contributed by atoms with Gasteiger partial charge in [0.2, 0.25) is 15.4 Å². The number of benzene rings is 7. The number of ketones is 1. The van der Waals surface area contributed by atoms with Crippen molar-refractivity contribution < 1.29 is 96.6 Å². The number of hydrogen-bond acceptors (Lipinski definition) is 20. The first kappa shape index (κ1) is 64.3. The molecule has 2 aliphatic rings. The number of carbonyl (C=O) groups excluding carboxylic acids is 1. The molecule has 0 fully saturated rings. The normalized spacial score (nSPS) is 13.0. The number of anilines is 3.